The Kier molecular flexibility index (Phi) is 7.74. The molecule has 0 unspecified atom stereocenters. The van der Waals surface area contributed by atoms with Crippen LogP contribution in [-0.4, -0.2) is 29.8 Å². The first-order chi connectivity index (χ1) is 10.5. The molecule has 22 heavy (non-hydrogen) atoms. The summed E-state index contributed by atoms with van der Waals surface area (Å²) in [5.74, 6) is -1.15. The van der Waals surface area contributed by atoms with Crippen LogP contribution in [0.4, 0.5) is 11.4 Å². The molecular formula is C16H24ClN3O2. The molecule has 5 nitrogen and oxygen atoms in total. The zero-order valence-electron chi connectivity index (χ0n) is 13.2. The van der Waals surface area contributed by atoms with Gasteiger partial charge in [-0.05, 0) is 31.0 Å². The minimum absolute atomic E-state index is 0.346. The van der Waals surface area contributed by atoms with Gasteiger partial charge in [-0.1, -0.05) is 38.3 Å². The van der Waals surface area contributed by atoms with Crippen LogP contribution in [-0.2, 0) is 9.59 Å². The molecule has 1 aromatic carbocycles. The minimum Gasteiger partial charge on any atom is -0.398 e. The van der Waals surface area contributed by atoms with Gasteiger partial charge in [0.15, 0.2) is 0 Å². The van der Waals surface area contributed by atoms with Gasteiger partial charge in [0.05, 0.1) is 10.7 Å². The van der Waals surface area contributed by atoms with E-state index in [2.05, 4.69) is 19.2 Å². The van der Waals surface area contributed by atoms with Crippen molar-refractivity contribution in [3.63, 3.8) is 0 Å². The van der Waals surface area contributed by atoms with Crippen LogP contribution >= 0.6 is 11.6 Å². The molecule has 0 fully saturated rings. The van der Waals surface area contributed by atoms with E-state index < -0.39 is 11.8 Å². The maximum absolute atomic E-state index is 12.3. The van der Waals surface area contributed by atoms with Gasteiger partial charge < -0.3 is 16.0 Å². The number of carbonyl (C=O) groups is 2. The Morgan fingerprint density at radius 2 is 1.77 bits per heavy atom. The Morgan fingerprint density at radius 3 is 2.27 bits per heavy atom. The number of amides is 2. The number of anilines is 2. The topological polar surface area (TPSA) is 75.4 Å². The van der Waals surface area contributed by atoms with Crippen molar-refractivity contribution in [2.75, 3.05) is 24.1 Å². The Labute approximate surface area is 136 Å². The quantitative estimate of drug-likeness (QED) is 0.596. The summed E-state index contributed by atoms with van der Waals surface area (Å²) in [6.07, 6.45) is 3.73. The summed E-state index contributed by atoms with van der Waals surface area (Å²) < 4.78 is 0. The van der Waals surface area contributed by atoms with E-state index in [9.17, 15) is 9.59 Å². The van der Waals surface area contributed by atoms with Crippen LogP contribution in [0.3, 0.4) is 0 Å². The molecule has 2 amide bonds. The van der Waals surface area contributed by atoms with Crippen molar-refractivity contribution in [3.8, 4) is 0 Å². The lowest BCUT2D eigenvalue weighted by Crippen LogP contribution is -2.40. The van der Waals surface area contributed by atoms with E-state index in [4.69, 9.17) is 17.3 Å². The number of nitrogen functional groups attached to an aromatic ring is 1. The Hall–Kier alpha value is -1.75. The van der Waals surface area contributed by atoms with Crippen LogP contribution in [0.25, 0.3) is 0 Å². The van der Waals surface area contributed by atoms with Gasteiger partial charge in [0, 0.05) is 18.8 Å². The average molecular weight is 326 g/mol. The largest absolute Gasteiger partial charge is 0.398 e. The number of unbranched alkanes of at least 4 members (excludes halogenated alkanes) is 2. The van der Waals surface area contributed by atoms with Crippen LogP contribution in [0, 0.1) is 0 Å². The predicted molar refractivity (Wildman–Crippen MR) is 90.9 cm³/mol. The summed E-state index contributed by atoms with van der Waals surface area (Å²) in [5, 5.41) is 2.92. The van der Waals surface area contributed by atoms with E-state index in [1.54, 1.807) is 17.0 Å². The number of carbonyl (C=O) groups excluding carboxylic acids is 2. The lowest BCUT2D eigenvalue weighted by atomic mass is 10.2. The number of rotatable bonds is 7. The highest BCUT2D eigenvalue weighted by Gasteiger charge is 2.21. The number of halogens is 1. The van der Waals surface area contributed by atoms with E-state index in [0.29, 0.717) is 29.5 Å². The number of hydrogen-bond acceptors (Lipinski definition) is 3. The summed E-state index contributed by atoms with van der Waals surface area (Å²) in [5.41, 5.74) is 6.51. The molecule has 1 aromatic rings. The molecular weight excluding hydrogens is 302 g/mol. The van der Waals surface area contributed by atoms with Gasteiger partial charge in [-0.15, -0.1) is 0 Å². The number of benzene rings is 1. The van der Waals surface area contributed by atoms with E-state index in [1.165, 1.54) is 6.07 Å². The van der Waals surface area contributed by atoms with Crippen LogP contribution in [0.2, 0.25) is 5.02 Å². The molecule has 0 saturated heterocycles. The number of nitrogens with two attached hydrogens (primary N) is 1. The third-order valence-corrected chi connectivity index (χ3v) is 3.63. The minimum atomic E-state index is -0.645. The molecule has 0 saturated carbocycles. The average Bonchev–Trinajstić information content (AvgIpc) is 2.50. The molecule has 0 bridgehead atoms. The smallest absolute Gasteiger partial charge is 0.313 e. The van der Waals surface area contributed by atoms with Gasteiger partial charge >= 0.3 is 11.8 Å². The molecule has 0 spiro atoms. The monoisotopic (exact) mass is 325 g/mol. The number of nitrogens with zero attached hydrogens (tertiary/aromatic N) is 1. The molecule has 1 rings (SSSR count). The fourth-order valence-corrected chi connectivity index (χ4v) is 2.13. The van der Waals surface area contributed by atoms with Gasteiger partial charge in [-0.3, -0.25) is 9.59 Å². The maximum atomic E-state index is 12.3. The molecule has 0 aliphatic carbocycles. The fourth-order valence-electron chi connectivity index (χ4n) is 1.95. The molecule has 0 aromatic heterocycles. The Balaban J connectivity index is 2.70. The first-order valence-electron chi connectivity index (χ1n) is 7.64. The Morgan fingerprint density at radius 1 is 1.18 bits per heavy atom. The first-order valence-corrected chi connectivity index (χ1v) is 8.02. The molecule has 122 valence electrons. The van der Waals surface area contributed by atoms with Crippen molar-refractivity contribution in [2.24, 2.45) is 0 Å². The van der Waals surface area contributed by atoms with E-state index >= 15 is 0 Å². The highest BCUT2D eigenvalue weighted by molar-refractivity contribution is 6.40. The molecule has 6 heteroatoms. The molecule has 0 aliphatic heterocycles. The molecule has 0 radical (unpaired) electrons. The molecule has 0 heterocycles. The van der Waals surface area contributed by atoms with E-state index in [-0.39, 0.29) is 0 Å². The maximum Gasteiger partial charge on any atom is 0.313 e. The van der Waals surface area contributed by atoms with Crippen LogP contribution < -0.4 is 11.1 Å². The molecule has 0 aliphatic rings. The first kappa shape index (κ1) is 18.3. The summed E-state index contributed by atoms with van der Waals surface area (Å²) in [7, 11) is 0. The van der Waals surface area contributed by atoms with Crippen LogP contribution in [0.5, 0.6) is 0 Å². The standard InChI is InChI=1S/C16H24ClN3O2/c1-3-5-9-20(10-6-4-2)16(22)15(21)19-12-7-8-14(18)13(17)11-12/h7-8,11H,3-6,9-10,18H2,1-2H3,(H,19,21). The lowest BCUT2D eigenvalue weighted by Gasteiger charge is -2.21. The molecule has 0 atom stereocenters. The molecule has 3 N–H and O–H groups in total. The van der Waals surface area contributed by atoms with Crippen LogP contribution in [0.1, 0.15) is 39.5 Å². The summed E-state index contributed by atoms with van der Waals surface area (Å²) in [6.45, 7) is 5.31. The van der Waals surface area contributed by atoms with Gasteiger partial charge in [0.25, 0.3) is 0 Å². The van der Waals surface area contributed by atoms with Crippen LogP contribution in [0.15, 0.2) is 18.2 Å². The second-order valence-corrected chi connectivity index (χ2v) is 5.60. The predicted octanol–water partition coefficient (Wildman–Crippen LogP) is 3.29. The zero-order valence-corrected chi connectivity index (χ0v) is 13.9. The zero-order chi connectivity index (χ0) is 16.5. The van der Waals surface area contributed by atoms with Crippen molar-refractivity contribution in [3.05, 3.63) is 23.2 Å². The van der Waals surface area contributed by atoms with Gasteiger partial charge in [0.1, 0.15) is 0 Å². The van der Waals surface area contributed by atoms with Gasteiger partial charge in [0.2, 0.25) is 0 Å². The fraction of sp³-hybridized carbons (Fsp3) is 0.500. The summed E-state index contributed by atoms with van der Waals surface area (Å²) >= 11 is 5.90. The van der Waals surface area contributed by atoms with E-state index in [0.717, 1.165) is 25.7 Å². The number of hydrogen-bond donors (Lipinski definition) is 2. The summed E-state index contributed by atoms with van der Waals surface area (Å²) in [6, 6.07) is 4.74. The Bertz CT molecular complexity index is 512. The van der Waals surface area contributed by atoms with Crippen molar-refractivity contribution < 1.29 is 9.59 Å². The van der Waals surface area contributed by atoms with Crippen molar-refractivity contribution in [1.29, 1.82) is 0 Å². The van der Waals surface area contributed by atoms with Crippen molar-refractivity contribution in [2.45, 2.75) is 39.5 Å². The number of nitrogens with one attached hydrogen (secondary N) is 1. The SMILES string of the molecule is CCCCN(CCCC)C(=O)C(=O)Nc1ccc(N)c(Cl)c1. The van der Waals surface area contributed by atoms with Crippen molar-refractivity contribution in [1.82, 2.24) is 4.90 Å². The second-order valence-electron chi connectivity index (χ2n) is 5.19. The van der Waals surface area contributed by atoms with E-state index in [1.807, 2.05) is 0 Å². The third-order valence-electron chi connectivity index (χ3n) is 3.30. The summed E-state index contributed by atoms with van der Waals surface area (Å²) in [4.78, 5) is 26.0. The second kappa shape index (κ2) is 9.30. The highest BCUT2D eigenvalue weighted by Crippen LogP contribution is 2.22. The van der Waals surface area contributed by atoms with Gasteiger partial charge in [-0.25, -0.2) is 0 Å². The third kappa shape index (κ3) is 5.56. The van der Waals surface area contributed by atoms with Gasteiger partial charge in [-0.2, -0.15) is 0 Å². The normalized spacial score (nSPS) is 10.3. The van der Waals surface area contributed by atoms with Crippen molar-refractivity contribution >= 4 is 34.8 Å². The lowest BCUT2D eigenvalue weighted by molar-refractivity contribution is -0.143. The highest BCUT2D eigenvalue weighted by atomic mass is 35.5.